The van der Waals surface area contributed by atoms with Crippen molar-refractivity contribution in [2.24, 2.45) is 15.0 Å². The second kappa shape index (κ2) is 10.5. The molecule has 7 rings (SSSR count). The molecule has 0 unspecified atom stereocenters. The highest BCUT2D eigenvalue weighted by atomic mass is 16.5. The summed E-state index contributed by atoms with van der Waals surface area (Å²) in [6.45, 7) is 13.8. The maximum absolute atomic E-state index is 5.80. The van der Waals surface area contributed by atoms with Gasteiger partial charge in [-0.2, -0.15) is 0 Å². The number of hydrogen-bond donors (Lipinski definition) is 0. The minimum Gasteiger partial charge on any atom is -0.475 e. The molecule has 0 radical (unpaired) electrons. The van der Waals surface area contributed by atoms with Crippen LogP contribution in [0.15, 0.2) is 76.0 Å². The number of aliphatic imine (C=N–C) groups is 3. The summed E-state index contributed by atoms with van der Waals surface area (Å²) in [7, 11) is 0. The predicted molar refractivity (Wildman–Crippen MR) is 171 cm³/mol. The molecule has 0 N–H and O–H groups in total. The fourth-order valence-electron chi connectivity index (χ4n) is 5.02. The fraction of sp³-hybridized carbons (Fsp3) is 0.353. The smallest absolute Gasteiger partial charge is 0.218 e. The van der Waals surface area contributed by atoms with Gasteiger partial charge in [-0.15, -0.1) is 0 Å². The zero-order valence-electron chi connectivity index (χ0n) is 26.2. The van der Waals surface area contributed by atoms with Crippen LogP contribution in [0.3, 0.4) is 0 Å². The number of aromatic nitrogens is 5. The van der Waals surface area contributed by atoms with Crippen LogP contribution < -0.4 is 0 Å². The normalized spacial score (nSPS) is 19.2. The van der Waals surface area contributed by atoms with Crippen LogP contribution in [0, 0.1) is 0 Å². The van der Waals surface area contributed by atoms with Crippen molar-refractivity contribution < 1.29 is 14.2 Å². The van der Waals surface area contributed by atoms with Gasteiger partial charge in [0, 0.05) is 18.6 Å². The third kappa shape index (κ3) is 6.02. The molecule has 0 fully saturated rings. The van der Waals surface area contributed by atoms with E-state index in [1.165, 1.54) is 0 Å². The van der Waals surface area contributed by atoms with Crippen LogP contribution >= 0.6 is 0 Å². The van der Waals surface area contributed by atoms with Crippen molar-refractivity contribution in [3.05, 3.63) is 77.7 Å². The second-order valence-corrected chi connectivity index (χ2v) is 13.3. The third-order valence-electron chi connectivity index (χ3n) is 7.41. The van der Waals surface area contributed by atoms with Crippen molar-refractivity contribution in [2.45, 2.75) is 58.2 Å². The number of hydrogen-bond acceptors (Lipinski definition) is 11. The summed E-state index contributed by atoms with van der Waals surface area (Å²) in [4.78, 5) is 37.8. The van der Waals surface area contributed by atoms with E-state index in [9.17, 15) is 0 Å². The first-order valence-electron chi connectivity index (χ1n) is 14.9. The molecule has 0 spiro atoms. The molecule has 11 nitrogen and oxygen atoms in total. The highest BCUT2D eigenvalue weighted by Crippen LogP contribution is 2.28. The Balaban J connectivity index is 1.25. The van der Waals surface area contributed by atoms with E-state index < -0.39 is 0 Å². The van der Waals surface area contributed by atoms with Crippen molar-refractivity contribution in [1.29, 1.82) is 0 Å². The first kappa shape index (κ1) is 28.7. The van der Waals surface area contributed by atoms with Crippen molar-refractivity contribution in [3.63, 3.8) is 0 Å². The lowest BCUT2D eigenvalue weighted by Crippen LogP contribution is -2.17. The van der Waals surface area contributed by atoms with Crippen LogP contribution in [0.2, 0.25) is 0 Å². The first-order valence-corrected chi connectivity index (χ1v) is 14.9. The van der Waals surface area contributed by atoms with Crippen LogP contribution in [-0.2, 0) is 14.2 Å². The molecule has 7 heterocycles. The number of pyridine rings is 3. The Hall–Kier alpha value is -5.06. The maximum atomic E-state index is 5.80. The van der Waals surface area contributed by atoms with Gasteiger partial charge in [0.2, 0.25) is 17.7 Å². The Morgan fingerprint density at radius 2 is 0.822 bits per heavy atom. The monoisotopic (exact) mass is 602 g/mol. The minimum atomic E-state index is -0.259. The summed E-state index contributed by atoms with van der Waals surface area (Å²) in [6.07, 6.45) is 5.24. The van der Waals surface area contributed by atoms with Crippen molar-refractivity contribution in [3.8, 4) is 34.3 Å². The molecule has 3 aliphatic heterocycles. The van der Waals surface area contributed by atoms with E-state index in [1.54, 1.807) is 18.6 Å². The quantitative estimate of drug-likeness (QED) is 0.290. The average Bonchev–Trinajstić information content (AvgIpc) is 3.71. The summed E-state index contributed by atoms with van der Waals surface area (Å²) < 4.78 is 17.4. The van der Waals surface area contributed by atoms with Gasteiger partial charge in [-0.1, -0.05) is 0 Å². The van der Waals surface area contributed by atoms with E-state index in [-0.39, 0.29) is 16.6 Å². The Morgan fingerprint density at radius 1 is 0.467 bits per heavy atom. The summed E-state index contributed by atoms with van der Waals surface area (Å²) >= 11 is 0. The van der Waals surface area contributed by atoms with Crippen LogP contribution in [0.5, 0.6) is 0 Å². The number of nitrogens with zero attached hydrogens (tertiary/aromatic N) is 8. The van der Waals surface area contributed by atoms with Crippen molar-refractivity contribution in [2.75, 3.05) is 19.8 Å². The van der Waals surface area contributed by atoms with Gasteiger partial charge in [0.15, 0.2) is 5.82 Å². The van der Waals surface area contributed by atoms with Gasteiger partial charge in [0.05, 0.1) is 56.1 Å². The van der Waals surface area contributed by atoms with E-state index >= 15 is 0 Å². The largest absolute Gasteiger partial charge is 0.475 e. The van der Waals surface area contributed by atoms with Crippen LogP contribution in [0.25, 0.3) is 34.3 Å². The van der Waals surface area contributed by atoms with E-state index in [1.807, 2.05) is 84.0 Å². The minimum absolute atomic E-state index is 0.255. The molecular formula is C34H34N8O3. The summed E-state index contributed by atoms with van der Waals surface area (Å²) in [5.74, 6) is 2.21. The molecule has 228 valence electrons. The van der Waals surface area contributed by atoms with Crippen LogP contribution in [0.4, 0.5) is 0 Å². The molecule has 0 aromatic carbocycles. The van der Waals surface area contributed by atoms with E-state index in [4.69, 9.17) is 34.1 Å². The summed E-state index contributed by atoms with van der Waals surface area (Å²) in [5, 5.41) is 0. The Morgan fingerprint density at radius 3 is 1.11 bits per heavy atom. The standard InChI is InChI=1S/C34H34N8O3/c1-32(2)17-43-29(40-32)20-7-10-23(35-14-20)26-13-27(24-11-8-21(15-36-24)30-41-33(3,4)18-44-30)39-28(38-26)25-12-9-22(16-37-25)31-42-34(5,6)19-45-31/h7-16H,17-19H2,1-6H3. The highest BCUT2D eigenvalue weighted by Gasteiger charge is 2.29. The van der Waals surface area contributed by atoms with Gasteiger partial charge >= 0.3 is 0 Å². The molecule has 0 bridgehead atoms. The third-order valence-corrected chi connectivity index (χ3v) is 7.41. The van der Waals surface area contributed by atoms with Gasteiger partial charge in [0.1, 0.15) is 25.5 Å². The van der Waals surface area contributed by atoms with Gasteiger partial charge in [-0.05, 0) is 84.0 Å². The van der Waals surface area contributed by atoms with Gasteiger partial charge in [-0.3, -0.25) is 15.0 Å². The SMILES string of the molecule is CC1(C)COC(c2ccc(-c3cc(-c4ccc(C5=NC(C)(C)CO5)cn4)nc(-c4ccc(C5=NC(C)(C)CO5)cn4)n3)nc2)=N1. The van der Waals surface area contributed by atoms with Crippen LogP contribution in [-0.4, -0.2) is 79.1 Å². The molecule has 3 aliphatic rings. The molecule has 4 aromatic rings. The van der Waals surface area contributed by atoms with E-state index in [0.29, 0.717) is 71.8 Å². The molecule has 0 aliphatic carbocycles. The average molecular weight is 603 g/mol. The second-order valence-electron chi connectivity index (χ2n) is 13.3. The lowest BCUT2D eigenvalue weighted by atomic mass is 10.1. The Bertz CT molecular complexity index is 1630. The molecule has 45 heavy (non-hydrogen) atoms. The zero-order chi connectivity index (χ0) is 31.4. The van der Waals surface area contributed by atoms with Crippen LogP contribution in [0.1, 0.15) is 58.2 Å². The topological polar surface area (TPSA) is 129 Å². The predicted octanol–water partition coefficient (Wildman–Crippen LogP) is 5.33. The summed E-state index contributed by atoms with van der Waals surface area (Å²) in [5.41, 5.74) is 4.85. The molecule has 11 heteroatoms. The van der Waals surface area contributed by atoms with Crippen molar-refractivity contribution in [1.82, 2.24) is 24.9 Å². The number of ether oxygens (including phenoxy) is 3. The Labute approximate surface area is 261 Å². The first-order chi connectivity index (χ1) is 21.4. The molecule has 0 saturated carbocycles. The zero-order valence-corrected chi connectivity index (χ0v) is 26.2. The molecule has 0 atom stereocenters. The van der Waals surface area contributed by atoms with E-state index in [2.05, 4.69) is 20.0 Å². The lowest BCUT2D eigenvalue weighted by molar-refractivity contribution is 0.279. The molecule has 4 aromatic heterocycles. The van der Waals surface area contributed by atoms with Gasteiger partial charge in [0.25, 0.3) is 0 Å². The van der Waals surface area contributed by atoms with Crippen molar-refractivity contribution >= 4 is 17.7 Å². The van der Waals surface area contributed by atoms with Gasteiger partial charge in [-0.25, -0.2) is 24.9 Å². The highest BCUT2D eigenvalue weighted by molar-refractivity contribution is 5.96. The molecule has 0 saturated heterocycles. The molecular weight excluding hydrogens is 568 g/mol. The van der Waals surface area contributed by atoms with E-state index in [0.717, 1.165) is 16.7 Å². The maximum Gasteiger partial charge on any atom is 0.218 e. The Kier molecular flexibility index (Phi) is 6.72. The lowest BCUT2D eigenvalue weighted by Gasteiger charge is -2.09. The fourth-order valence-corrected chi connectivity index (χ4v) is 5.02. The molecule has 0 amide bonds. The summed E-state index contributed by atoms with van der Waals surface area (Å²) in [6, 6.07) is 13.4. The van der Waals surface area contributed by atoms with Gasteiger partial charge < -0.3 is 14.2 Å². The number of rotatable bonds is 6.